The average molecular weight is 391 g/mol. The molecule has 0 radical (unpaired) electrons. The summed E-state index contributed by atoms with van der Waals surface area (Å²) in [6, 6.07) is 7.34. The molecular weight excluding hydrogens is 368 g/mol. The van der Waals surface area contributed by atoms with Crippen molar-refractivity contribution in [2.45, 2.75) is 37.6 Å². The minimum atomic E-state index is -0.203. The molecule has 2 heterocycles. The summed E-state index contributed by atoms with van der Waals surface area (Å²) < 4.78 is 0.861. The van der Waals surface area contributed by atoms with Crippen LogP contribution in [-0.4, -0.2) is 39.2 Å². The smallest absolute Gasteiger partial charge is 0.257 e. The summed E-state index contributed by atoms with van der Waals surface area (Å²) in [6.07, 6.45) is 1.57. The van der Waals surface area contributed by atoms with E-state index in [9.17, 15) is 9.59 Å². The third-order valence-corrected chi connectivity index (χ3v) is 6.33. The second-order valence-corrected chi connectivity index (χ2v) is 8.89. The molecule has 1 N–H and O–H groups in total. The van der Waals surface area contributed by atoms with Gasteiger partial charge in [-0.3, -0.25) is 14.9 Å². The monoisotopic (exact) mass is 390 g/mol. The molecule has 8 heteroatoms. The minimum absolute atomic E-state index is 0.203. The lowest BCUT2D eigenvalue weighted by atomic mass is 10.1. The molecule has 1 aliphatic heterocycles. The van der Waals surface area contributed by atoms with Crippen LogP contribution in [0.3, 0.4) is 0 Å². The number of nitrogens with one attached hydrogen (secondary N) is 1. The van der Waals surface area contributed by atoms with Gasteiger partial charge in [0.25, 0.3) is 5.91 Å². The number of anilines is 1. The van der Waals surface area contributed by atoms with Gasteiger partial charge in [-0.2, -0.15) is 0 Å². The van der Waals surface area contributed by atoms with Gasteiger partial charge in [-0.05, 0) is 30.0 Å². The van der Waals surface area contributed by atoms with E-state index >= 15 is 0 Å². The van der Waals surface area contributed by atoms with E-state index in [1.165, 1.54) is 11.3 Å². The molecule has 0 bridgehead atoms. The number of nitrogens with zero attached hydrogens (tertiary/aromatic N) is 3. The van der Waals surface area contributed by atoms with Crippen molar-refractivity contribution in [3.63, 3.8) is 0 Å². The Hall–Kier alpha value is -1.93. The Balaban J connectivity index is 1.55. The van der Waals surface area contributed by atoms with E-state index in [4.69, 9.17) is 0 Å². The summed E-state index contributed by atoms with van der Waals surface area (Å²) in [5.41, 5.74) is 1.59. The molecule has 1 saturated heterocycles. The Kier molecular flexibility index (Phi) is 6.26. The van der Waals surface area contributed by atoms with Crippen LogP contribution in [0.4, 0.5) is 5.13 Å². The quantitative estimate of drug-likeness (QED) is 0.577. The largest absolute Gasteiger partial charge is 0.338 e. The Bertz CT molecular complexity index is 774. The molecule has 1 fully saturated rings. The first-order chi connectivity index (χ1) is 12.5. The Morgan fingerprint density at radius 3 is 2.73 bits per heavy atom. The lowest BCUT2D eigenvalue weighted by Crippen LogP contribution is -2.23. The van der Waals surface area contributed by atoms with E-state index in [0.29, 0.717) is 29.6 Å². The first-order valence-corrected chi connectivity index (χ1v) is 10.5. The first-order valence-electron chi connectivity index (χ1n) is 8.65. The number of carbonyl (C=O) groups excluding carboxylic acids is 2. The van der Waals surface area contributed by atoms with Crippen LogP contribution in [0.5, 0.6) is 0 Å². The van der Waals surface area contributed by atoms with Crippen molar-refractivity contribution in [3.05, 3.63) is 35.4 Å². The van der Waals surface area contributed by atoms with Gasteiger partial charge in [-0.25, -0.2) is 0 Å². The number of aromatic nitrogens is 2. The molecule has 0 spiro atoms. The van der Waals surface area contributed by atoms with Crippen molar-refractivity contribution in [1.29, 1.82) is 0 Å². The van der Waals surface area contributed by atoms with E-state index in [2.05, 4.69) is 29.4 Å². The topological polar surface area (TPSA) is 75.2 Å². The molecule has 3 rings (SSSR count). The normalized spacial score (nSPS) is 14.3. The van der Waals surface area contributed by atoms with Crippen molar-refractivity contribution in [3.8, 4) is 0 Å². The van der Waals surface area contributed by atoms with E-state index in [1.807, 2.05) is 17.0 Å². The highest BCUT2D eigenvalue weighted by molar-refractivity contribution is 8.01. The molecule has 2 aromatic rings. The summed E-state index contributed by atoms with van der Waals surface area (Å²) >= 11 is 3.04. The van der Waals surface area contributed by atoms with E-state index in [-0.39, 0.29) is 11.8 Å². The van der Waals surface area contributed by atoms with Gasteiger partial charge in [0.15, 0.2) is 4.34 Å². The number of rotatable bonds is 7. The van der Waals surface area contributed by atoms with Gasteiger partial charge < -0.3 is 4.90 Å². The van der Waals surface area contributed by atoms with Crippen molar-refractivity contribution < 1.29 is 9.59 Å². The maximum atomic E-state index is 12.4. The van der Waals surface area contributed by atoms with Gasteiger partial charge in [-0.1, -0.05) is 49.1 Å². The highest BCUT2D eigenvalue weighted by Crippen LogP contribution is 2.27. The van der Waals surface area contributed by atoms with Gasteiger partial charge in [-0.15, -0.1) is 10.2 Å². The molecule has 1 aromatic carbocycles. The SMILES string of the molecule is CC(C)CSc1nnc(NC(=O)c2ccc(CN3CCCC3=O)cc2)s1. The fourth-order valence-electron chi connectivity index (χ4n) is 2.58. The van der Waals surface area contributed by atoms with Crippen LogP contribution in [0.1, 0.15) is 42.6 Å². The molecule has 6 nitrogen and oxygen atoms in total. The van der Waals surface area contributed by atoms with Crippen molar-refractivity contribution in [2.75, 3.05) is 17.6 Å². The van der Waals surface area contributed by atoms with Gasteiger partial charge in [0.2, 0.25) is 11.0 Å². The van der Waals surface area contributed by atoms with Gasteiger partial charge in [0.05, 0.1) is 0 Å². The lowest BCUT2D eigenvalue weighted by molar-refractivity contribution is -0.128. The molecule has 0 aliphatic carbocycles. The van der Waals surface area contributed by atoms with Crippen LogP contribution >= 0.6 is 23.1 Å². The summed E-state index contributed by atoms with van der Waals surface area (Å²) in [5, 5.41) is 11.4. The van der Waals surface area contributed by atoms with Gasteiger partial charge >= 0.3 is 0 Å². The number of carbonyl (C=O) groups is 2. The number of hydrogen-bond donors (Lipinski definition) is 1. The van der Waals surface area contributed by atoms with Crippen LogP contribution in [0.2, 0.25) is 0 Å². The minimum Gasteiger partial charge on any atom is -0.338 e. The van der Waals surface area contributed by atoms with Crippen LogP contribution < -0.4 is 5.32 Å². The number of hydrogen-bond acceptors (Lipinski definition) is 6. The van der Waals surface area contributed by atoms with E-state index in [0.717, 1.165) is 28.6 Å². The number of likely N-dealkylation sites (tertiary alicyclic amines) is 1. The molecule has 2 amide bonds. The fourth-order valence-corrected chi connectivity index (χ4v) is 4.30. The second-order valence-electron chi connectivity index (χ2n) is 6.65. The molecule has 1 aliphatic rings. The number of amides is 2. The molecule has 26 heavy (non-hydrogen) atoms. The molecule has 0 atom stereocenters. The zero-order chi connectivity index (χ0) is 18.5. The van der Waals surface area contributed by atoms with Crippen LogP contribution in [0.25, 0.3) is 0 Å². The van der Waals surface area contributed by atoms with E-state index in [1.54, 1.807) is 23.9 Å². The van der Waals surface area contributed by atoms with Crippen LogP contribution in [0, 0.1) is 5.92 Å². The zero-order valence-electron chi connectivity index (χ0n) is 14.9. The lowest BCUT2D eigenvalue weighted by Gasteiger charge is -2.15. The van der Waals surface area contributed by atoms with Gasteiger partial charge in [0, 0.05) is 30.8 Å². The maximum Gasteiger partial charge on any atom is 0.257 e. The first kappa shape index (κ1) is 18.8. The summed E-state index contributed by atoms with van der Waals surface area (Å²) in [7, 11) is 0. The predicted octanol–water partition coefficient (Wildman–Crippen LogP) is 3.66. The molecule has 138 valence electrons. The molecular formula is C18H22N4O2S2. The van der Waals surface area contributed by atoms with Gasteiger partial charge in [0.1, 0.15) is 0 Å². The summed E-state index contributed by atoms with van der Waals surface area (Å²) in [6.45, 7) is 5.73. The van der Waals surface area contributed by atoms with Crippen LogP contribution in [-0.2, 0) is 11.3 Å². The predicted molar refractivity (Wildman–Crippen MR) is 105 cm³/mol. The van der Waals surface area contributed by atoms with Crippen molar-refractivity contribution in [2.24, 2.45) is 5.92 Å². The Morgan fingerprint density at radius 1 is 1.31 bits per heavy atom. The standard InChI is InChI=1S/C18H22N4O2S2/c1-12(2)11-25-18-21-20-17(26-18)19-16(24)14-7-5-13(6-8-14)10-22-9-3-4-15(22)23/h5-8,12H,3-4,9-11H2,1-2H3,(H,19,20,24). The van der Waals surface area contributed by atoms with Crippen molar-refractivity contribution in [1.82, 2.24) is 15.1 Å². The van der Waals surface area contributed by atoms with Crippen LogP contribution in [0.15, 0.2) is 28.6 Å². The highest BCUT2D eigenvalue weighted by Gasteiger charge is 2.20. The Morgan fingerprint density at radius 2 is 2.08 bits per heavy atom. The van der Waals surface area contributed by atoms with Crippen molar-refractivity contribution >= 4 is 40.0 Å². The zero-order valence-corrected chi connectivity index (χ0v) is 16.5. The number of benzene rings is 1. The summed E-state index contributed by atoms with van der Waals surface area (Å²) in [4.78, 5) is 25.9. The highest BCUT2D eigenvalue weighted by atomic mass is 32.2. The van der Waals surface area contributed by atoms with E-state index < -0.39 is 0 Å². The second kappa shape index (κ2) is 8.64. The third-order valence-electron chi connectivity index (χ3n) is 3.93. The average Bonchev–Trinajstić information content (AvgIpc) is 3.23. The molecule has 0 unspecified atom stereocenters. The Labute approximate surface area is 161 Å². The number of thioether (sulfide) groups is 1. The summed E-state index contributed by atoms with van der Waals surface area (Å²) in [5.74, 6) is 1.56. The third kappa shape index (κ3) is 5.04. The molecule has 0 saturated carbocycles. The fraction of sp³-hybridized carbons (Fsp3) is 0.444. The molecule has 1 aromatic heterocycles. The maximum absolute atomic E-state index is 12.4.